The van der Waals surface area contributed by atoms with Crippen molar-refractivity contribution in [3.63, 3.8) is 0 Å². The van der Waals surface area contributed by atoms with Gasteiger partial charge in [0.05, 0.1) is 6.21 Å². The van der Waals surface area contributed by atoms with Crippen LogP contribution in [0.15, 0.2) is 47.6 Å². The maximum absolute atomic E-state index is 11.9. The number of hydrogen-bond donors (Lipinski definition) is 1. The van der Waals surface area contributed by atoms with E-state index in [9.17, 15) is 4.79 Å². The Morgan fingerprint density at radius 2 is 1.75 bits per heavy atom. The van der Waals surface area contributed by atoms with E-state index in [4.69, 9.17) is 4.74 Å². The predicted octanol–water partition coefficient (Wildman–Crippen LogP) is 4.46. The maximum atomic E-state index is 11.9. The number of aryl methyl sites for hydroxylation is 2. The van der Waals surface area contributed by atoms with E-state index < -0.39 is 0 Å². The van der Waals surface area contributed by atoms with Crippen molar-refractivity contribution in [1.82, 2.24) is 5.43 Å². The summed E-state index contributed by atoms with van der Waals surface area (Å²) >= 11 is 0. The third kappa shape index (κ3) is 6.72. The number of benzene rings is 2. The van der Waals surface area contributed by atoms with Gasteiger partial charge in [-0.1, -0.05) is 38.1 Å². The zero-order valence-corrected chi connectivity index (χ0v) is 17.4. The van der Waals surface area contributed by atoms with Crippen molar-refractivity contribution in [2.45, 2.75) is 40.5 Å². The number of carbonyl (C=O) groups is 1. The van der Waals surface area contributed by atoms with Gasteiger partial charge in [0, 0.05) is 18.8 Å². The van der Waals surface area contributed by atoms with Crippen LogP contribution in [0.3, 0.4) is 0 Å². The fourth-order valence-corrected chi connectivity index (χ4v) is 2.90. The van der Waals surface area contributed by atoms with Crippen molar-refractivity contribution < 1.29 is 9.53 Å². The fourth-order valence-electron chi connectivity index (χ4n) is 2.90. The van der Waals surface area contributed by atoms with Gasteiger partial charge >= 0.3 is 0 Å². The largest absolute Gasteiger partial charge is 0.483 e. The number of carbonyl (C=O) groups excluding carboxylic acids is 1. The minimum atomic E-state index is -0.286. The van der Waals surface area contributed by atoms with Crippen LogP contribution in [-0.4, -0.2) is 31.8 Å². The van der Waals surface area contributed by atoms with Gasteiger partial charge in [-0.15, -0.1) is 0 Å². The smallest absolute Gasteiger partial charge is 0.277 e. The Hall–Kier alpha value is -2.82. The molecule has 0 aliphatic rings. The molecular weight excluding hydrogens is 350 g/mol. The lowest BCUT2D eigenvalue weighted by Gasteiger charge is -2.23. The molecule has 0 aromatic heterocycles. The van der Waals surface area contributed by atoms with E-state index in [1.165, 1.54) is 5.69 Å². The molecule has 0 bridgehead atoms. The molecule has 0 aliphatic heterocycles. The molecule has 0 aliphatic carbocycles. The van der Waals surface area contributed by atoms with Gasteiger partial charge in [0.25, 0.3) is 5.91 Å². The number of nitrogens with zero attached hydrogens (tertiary/aromatic N) is 2. The monoisotopic (exact) mass is 381 g/mol. The quantitative estimate of drug-likeness (QED) is 0.488. The Bertz CT molecular complexity index is 779. The van der Waals surface area contributed by atoms with Crippen LogP contribution in [0.5, 0.6) is 5.75 Å². The normalized spacial score (nSPS) is 10.9. The molecule has 2 aromatic carbocycles. The zero-order valence-electron chi connectivity index (χ0n) is 17.4. The molecule has 1 N–H and O–H groups in total. The first-order chi connectivity index (χ1) is 13.5. The summed E-state index contributed by atoms with van der Waals surface area (Å²) in [5.41, 5.74) is 6.76. The molecule has 150 valence electrons. The summed E-state index contributed by atoms with van der Waals surface area (Å²) in [7, 11) is 0. The number of nitrogens with one attached hydrogen (secondary N) is 1. The van der Waals surface area contributed by atoms with Crippen LogP contribution in [0.4, 0.5) is 5.69 Å². The van der Waals surface area contributed by atoms with E-state index >= 15 is 0 Å². The van der Waals surface area contributed by atoms with Gasteiger partial charge in [0.2, 0.25) is 0 Å². The van der Waals surface area contributed by atoms with E-state index in [2.05, 4.69) is 41.4 Å². The molecule has 0 saturated carbocycles. The lowest BCUT2D eigenvalue weighted by Crippen LogP contribution is -2.25. The number of hydrazone groups is 1. The minimum absolute atomic E-state index is 0.0659. The highest BCUT2D eigenvalue weighted by atomic mass is 16.5. The summed E-state index contributed by atoms with van der Waals surface area (Å²) in [6.07, 6.45) is 3.89. The average molecular weight is 382 g/mol. The van der Waals surface area contributed by atoms with Crippen LogP contribution in [0.25, 0.3) is 0 Å². The van der Waals surface area contributed by atoms with Gasteiger partial charge in [-0.3, -0.25) is 4.79 Å². The van der Waals surface area contributed by atoms with Crippen molar-refractivity contribution in [2.75, 3.05) is 24.6 Å². The second kappa shape index (κ2) is 11.1. The lowest BCUT2D eigenvalue weighted by atomic mass is 10.1. The predicted molar refractivity (Wildman–Crippen MR) is 116 cm³/mol. The Balaban J connectivity index is 1.84. The molecule has 2 aromatic rings. The van der Waals surface area contributed by atoms with E-state index in [-0.39, 0.29) is 12.5 Å². The molecule has 0 unspecified atom stereocenters. The summed E-state index contributed by atoms with van der Waals surface area (Å²) in [4.78, 5) is 14.3. The number of anilines is 1. The van der Waals surface area contributed by atoms with Crippen LogP contribution in [0.1, 0.15) is 43.4 Å². The summed E-state index contributed by atoms with van der Waals surface area (Å²) < 4.78 is 5.58. The fraction of sp³-hybridized carbons (Fsp3) is 0.391. The molecule has 1 amide bonds. The third-order valence-electron chi connectivity index (χ3n) is 4.35. The van der Waals surface area contributed by atoms with Crippen LogP contribution >= 0.6 is 0 Å². The SMILES string of the molecule is CCCN(CCC)c1ccc(/C=N\NC(=O)COc2cc(C)ccc2C)cc1. The maximum Gasteiger partial charge on any atom is 0.277 e. The minimum Gasteiger partial charge on any atom is -0.483 e. The second-order valence-corrected chi connectivity index (χ2v) is 6.93. The topological polar surface area (TPSA) is 53.9 Å². The molecule has 2 rings (SSSR count). The van der Waals surface area contributed by atoms with E-state index in [0.29, 0.717) is 0 Å². The number of amides is 1. The van der Waals surface area contributed by atoms with Gasteiger partial charge in [-0.05, 0) is 61.6 Å². The molecule has 0 fully saturated rings. The first-order valence-corrected chi connectivity index (χ1v) is 9.90. The van der Waals surface area contributed by atoms with Crippen molar-refractivity contribution >= 4 is 17.8 Å². The van der Waals surface area contributed by atoms with Gasteiger partial charge in [-0.2, -0.15) is 5.10 Å². The van der Waals surface area contributed by atoms with E-state index in [0.717, 1.165) is 48.4 Å². The van der Waals surface area contributed by atoms with E-state index in [1.807, 2.05) is 44.2 Å². The zero-order chi connectivity index (χ0) is 20.4. The Kier molecular flexibility index (Phi) is 8.53. The molecule has 0 saturated heterocycles. The summed E-state index contributed by atoms with van der Waals surface area (Å²) in [5, 5.41) is 4.02. The Labute approximate surface area is 168 Å². The molecule has 0 heterocycles. The number of ether oxygens (including phenoxy) is 1. The number of rotatable bonds is 10. The Morgan fingerprint density at radius 1 is 1.07 bits per heavy atom. The molecule has 0 spiro atoms. The van der Waals surface area contributed by atoms with Crippen LogP contribution < -0.4 is 15.1 Å². The second-order valence-electron chi connectivity index (χ2n) is 6.93. The van der Waals surface area contributed by atoms with Crippen LogP contribution in [0, 0.1) is 13.8 Å². The Morgan fingerprint density at radius 3 is 2.39 bits per heavy atom. The van der Waals surface area contributed by atoms with Crippen LogP contribution in [0.2, 0.25) is 0 Å². The van der Waals surface area contributed by atoms with E-state index in [1.54, 1.807) is 6.21 Å². The first kappa shape index (κ1) is 21.5. The lowest BCUT2D eigenvalue weighted by molar-refractivity contribution is -0.123. The summed E-state index contributed by atoms with van der Waals surface area (Å²) in [6, 6.07) is 14.1. The molecular formula is C23H31N3O2. The van der Waals surface area contributed by atoms with Crippen molar-refractivity contribution in [2.24, 2.45) is 5.10 Å². The van der Waals surface area contributed by atoms with Gasteiger partial charge < -0.3 is 9.64 Å². The summed E-state index contributed by atoms with van der Waals surface area (Å²) in [6.45, 7) is 10.4. The first-order valence-electron chi connectivity index (χ1n) is 9.90. The van der Waals surface area contributed by atoms with Gasteiger partial charge in [0.15, 0.2) is 6.61 Å². The molecule has 0 atom stereocenters. The van der Waals surface area contributed by atoms with Gasteiger partial charge in [-0.25, -0.2) is 5.43 Å². The van der Waals surface area contributed by atoms with Crippen LogP contribution in [-0.2, 0) is 4.79 Å². The standard InChI is InChI=1S/C23H31N3O2/c1-5-13-26(14-6-2)21-11-9-20(10-12-21)16-24-25-23(27)17-28-22-15-18(3)7-8-19(22)4/h7-12,15-16H,5-6,13-14,17H2,1-4H3,(H,25,27)/b24-16-. The van der Waals surface area contributed by atoms with Crippen molar-refractivity contribution in [3.8, 4) is 5.75 Å². The average Bonchev–Trinajstić information content (AvgIpc) is 2.69. The van der Waals surface area contributed by atoms with Gasteiger partial charge in [0.1, 0.15) is 5.75 Å². The van der Waals surface area contributed by atoms with Crippen molar-refractivity contribution in [3.05, 3.63) is 59.2 Å². The highest BCUT2D eigenvalue weighted by molar-refractivity contribution is 5.83. The molecule has 5 heteroatoms. The molecule has 0 radical (unpaired) electrons. The molecule has 5 nitrogen and oxygen atoms in total. The summed E-state index contributed by atoms with van der Waals surface area (Å²) in [5.74, 6) is 0.435. The third-order valence-corrected chi connectivity index (χ3v) is 4.35. The number of hydrogen-bond acceptors (Lipinski definition) is 4. The highest BCUT2D eigenvalue weighted by Gasteiger charge is 2.05. The highest BCUT2D eigenvalue weighted by Crippen LogP contribution is 2.19. The molecule has 28 heavy (non-hydrogen) atoms. The van der Waals surface area contributed by atoms with Crippen molar-refractivity contribution in [1.29, 1.82) is 0 Å².